The van der Waals surface area contributed by atoms with Gasteiger partial charge in [0.1, 0.15) is 11.5 Å². The summed E-state index contributed by atoms with van der Waals surface area (Å²) in [7, 11) is 3.18. The highest BCUT2D eigenvalue weighted by Gasteiger charge is 2.10. The van der Waals surface area contributed by atoms with Crippen LogP contribution in [-0.2, 0) is 0 Å². The summed E-state index contributed by atoms with van der Waals surface area (Å²) in [6, 6.07) is 16.2. The van der Waals surface area contributed by atoms with E-state index in [0.29, 0.717) is 34.4 Å². The molecule has 7 nitrogen and oxygen atoms in total. The van der Waals surface area contributed by atoms with Crippen LogP contribution in [0.2, 0.25) is 0 Å². The van der Waals surface area contributed by atoms with Gasteiger partial charge < -0.3 is 20.1 Å². The molecule has 0 saturated heterocycles. The van der Waals surface area contributed by atoms with Crippen molar-refractivity contribution in [2.24, 2.45) is 0 Å². The molecule has 138 valence electrons. The molecule has 0 bridgehead atoms. The number of carbonyl (C=O) groups excluding carboxylic acids is 1. The van der Waals surface area contributed by atoms with E-state index in [-0.39, 0.29) is 5.91 Å². The van der Waals surface area contributed by atoms with E-state index < -0.39 is 0 Å². The third kappa shape index (κ3) is 4.33. The summed E-state index contributed by atoms with van der Waals surface area (Å²) in [5.41, 5.74) is 2.19. The van der Waals surface area contributed by atoms with Crippen LogP contribution in [-0.4, -0.2) is 30.3 Å². The van der Waals surface area contributed by atoms with Gasteiger partial charge in [-0.15, -0.1) is 10.2 Å². The van der Waals surface area contributed by atoms with Crippen LogP contribution in [0.5, 0.6) is 11.5 Å². The second-order valence-corrected chi connectivity index (χ2v) is 5.76. The predicted octanol–water partition coefficient (Wildman–Crippen LogP) is 3.80. The Balaban J connectivity index is 1.73. The third-order valence-electron chi connectivity index (χ3n) is 3.97. The average Bonchev–Trinajstić information content (AvgIpc) is 2.69. The Hall–Kier alpha value is -3.61. The monoisotopic (exact) mass is 364 g/mol. The molecule has 27 heavy (non-hydrogen) atoms. The number of anilines is 3. The molecule has 2 aromatic carbocycles. The van der Waals surface area contributed by atoms with Crippen molar-refractivity contribution >= 4 is 23.2 Å². The number of aromatic nitrogens is 2. The Morgan fingerprint density at radius 2 is 1.67 bits per heavy atom. The van der Waals surface area contributed by atoms with E-state index in [2.05, 4.69) is 20.8 Å². The number of methoxy groups -OCH3 is 2. The van der Waals surface area contributed by atoms with E-state index in [1.54, 1.807) is 50.6 Å². The van der Waals surface area contributed by atoms with Gasteiger partial charge in [0.05, 0.1) is 19.9 Å². The first-order valence-corrected chi connectivity index (χ1v) is 8.30. The van der Waals surface area contributed by atoms with E-state index in [1.807, 2.05) is 25.1 Å². The van der Waals surface area contributed by atoms with Crippen molar-refractivity contribution in [3.63, 3.8) is 0 Å². The van der Waals surface area contributed by atoms with Crippen LogP contribution in [0.3, 0.4) is 0 Å². The molecule has 3 rings (SSSR count). The molecule has 1 heterocycles. The minimum atomic E-state index is -0.224. The molecule has 0 unspecified atom stereocenters. The normalized spacial score (nSPS) is 10.2. The number of aryl methyl sites for hydroxylation is 1. The molecule has 2 N–H and O–H groups in total. The number of amides is 1. The lowest BCUT2D eigenvalue weighted by Gasteiger charge is -2.12. The van der Waals surface area contributed by atoms with Crippen molar-refractivity contribution in [1.82, 2.24) is 10.2 Å². The van der Waals surface area contributed by atoms with Crippen molar-refractivity contribution in [2.45, 2.75) is 6.92 Å². The number of carbonyl (C=O) groups is 1. The molecule has 0 aliphatic rings. The molecule has 0 saturated carbocycles. The Kier molecular flexibility index (Phi) is 5.51. The smallest absolute Gasteiger partial charge is 0.257 e. The molecule has 0 atom stereocenters. The quantitative estimate of drug-likeness (QED) is 0.692. The molecular weight excluding hydrogens is 344 g/mol. The molecule has 0 aliphatic carbocycles. The van der Waals surface area contributed by atoms with E-state index in [9.17, 15) is 4.79 Å². The molecule has 7 heteroatoms. The van der Waals surface area contributed by atoms with Crippen LogP contribution in [0.25, 0.3) is 0 Å². The molecule has 0 aliphatic heterocycles. The zero-order valence-corrected chi connectivity index (χ0v) is 15.3. The van der Waals surface area contributed by atoms with E-state index in [0.717, 1.165) is 5.56 Å². The summed E-state index contributed by atoms with van der Waals surface area (Å²) in [6.45, 7) is 1.88. The molecule has 1 aromatic heterocycles. The fourth-order valence-electron chi connectivity index (χ4n) is 2.53. The standard InChI is InChI=1S/C20H20N4O3/c1-13-6-4-5-7-15(13)20(25)22-19-11-10-18(23-24-19)21-16-12-14(26-2)8-9-17(16)27-3/h4-12H,1-3H3,(H,21,23)(H,22,24,25). The van der Waals surface area contributed by atoms with Gasteiger partial charge in [0.15, 0.2) is 11.6 Å². The van der Waals surface area contributed by atoms with Crippen LogP contribution in [0.15, 0.2) is 54.6 Å². The first-order valence-electron chi connectivity index (χ1n) is 8.30. The first kappa shape index (κ1) is 18.2. The van der Waals surface area contributed by atoms with Crippen LogP contribution in [0.1, 0.15) is 15.9 Å². The summed E-state index contributed by atoms with van der Waals surface area (Å²) >= 11 is 0. The van der Waals surface area contributed by atoms with Crippen molar-refractivity contribution in [1.29, 1.82) is 0 Å². The molecule has 1 amide bonds. The van der Waals surface area contributed by atoms with E-state index >= 15 is 0 Å². The number of benzene rings is 2. The van der Waals surface area contributed by atoms with Crippen molar-refractivity contribution in [2.75, 3.05) is 24.9 Å². The Labute approximate surface area is 157 Å². The lowest BCUT2D eigenvalue weighted by atomic mass is 10.1. The lowest BCUT2D eigenvalue weighted by Crippen LogP contribution is -2.14. The van der Waals surface area contributed by atoms with Gasteiger partial charge in [0.2, 0.25) is 0 Å². The zero-order valence-electron chi connectivity index (χ0n) is 15.3. The summed E-state index contributed by atoms with van der Waals surface area (Å²) in [5, 5.41) is 14.0. The van der Waals surface area contributed by atoms with Gasteiger partial charge in [0, 0.05) is 11.6 Å². The maximum Gasteiger partial charge on any atom is 0.257 e. The maximum atomic E-state index is 12.3. The SMILES string of the molecule is COc1ccc(OC)c(Nc2ccc(NC(=O)c3ccccc3C)nn2)c1. The van der Waals surface area contributed by atoms with Gasteiger partial charge in [-0.3, -0.25) is 4.79 Å². The van der Waals surface area contributed by atoms with Gasteiger partial charge in [-0.1, -0.05) is 18.2 Å². The summed E-state index contributed by atoms with van der Waals surface area (Å²) in [4.78, 5) is 12.3. The third-order valence-corrected chi connectivity index (χ3v) is 3.97. The Bertz CT molecular complexity index is 942. The predicted molar refractivity (Wildman–Crippen MR) is 104 cm³/mol. The number of hydrogen-bond acceptors (Lipinski definition) is 6. The Morgan fingerprint density at radius 1 is 0.926 bits per heavy atom. The fraction of sp³-hybridized carbons (Fsp3) is 0.150. The van der Waals surface area contributed by atoms with Crippen LogP contribution >= 0.6 is 0 Å². The Morgan fingerprint density at radius 3 is 2.33 bits per heavy atom. The van der Waals surface area contributed by atoms with Crippen molar-refractivity contribution in [3.05, 3.63) is 65.7 Å². The summed E-state index contributed by atoms with van der Waals surface area (Å²) < 4.78 is 10.6. The van der Waals surface area contributed by atoms with Gasteiger partial charge in [-0.05, 0) is 42.8 Å². The summed E-state index contributed by atoms with van der Waals surface area (Å²) in [5.74, 6) is 1.99. The van der Waals surface area contributed by atoms with Crippen LogP contribution in [0, 0.1) is 6.92 Å². The van der Waals surface area contributed by atoms with Crippen molar-refractivity contribution in [3.8, 4) is 11.5 Å². The highest BCUT2D eigenvalue weighted by molar-refractivity contribution is 6.04. The topological polar surface area (TPSA) is 85.4 Å². The van der Waals surface area contributed by atoms with Gasteiger partial charge in [-0.2, -0.15) is 0 Å². The van der Waals surface area contributed by atoms with E-state index in [1.165, 1.54) is 0 Å². The molecule has 3 aromatic rings. The second-order valence-electron chi connectivity index (χ2n) is 5.76. The van der Waals surface area contributed by atoms with Crippen LogP contribution in [0.4, 0.5) is 17.3 Å². The first-order chi connectivity index (χ1) is 13.1. The minimum absolute atomic E-state index is 0.224. The molecule has 0 radical (unpaired) electrons. The fourth-order valence-corrected chi connectivity index (χ4v) is 2.53. The number of nitrogens with one attached hydrogen (secondary N) is 2. The number of rotatable bonds is 6. The second kappa shape index (κ2) is 8.18. The van der Waals surface area contributed by atoms with Gasteiger partial charge in [0.25, 0.3) is 5.91 Å². The highest BCUT2D eigenvalue weighted by Crippen LogP contribution is 2.30. The number of nitrogens with zero attached hydrogens (tertiary/aromatic N) is 2. The molecule has 0 fully saturated rings. The molecular formula is C20H20N4O3. The van der Waals surface area contributed by atoms with Crippen LogP contribution < -0.4 is 20.1 Å². The highest BCUT2D eigenvalue weighted by atomic mass is 16.5. The molecule has 0 spiro atoms. The number of hydrogen-bond donors (Lipinski definition) is 2. The van der Waals surface area contributed by atoms with Gasteiger partial charge in [-0.25, -0.2) is 0 Å². The van der Waals surface area contributed by atoms with Crippen molar-refractivity contribution < 1.29 is 14.3 Å². The maximum absolute atomic E-state index is 12.3. The lowest BCUT2D eigenvalue weighted by molar-refractivity contribution is 0.102. The summed E-state index contributed by atoms with van der Waals surface area (Å²) in [6.07, 6.45) is 0. The van der Waals surface area contributed by atoms with Gasteiger partial charge >= 0.3 is 0 Å². The number of ether oxygens (including phenoxy) is 2. The largest absolute Gasteiger partial charge is 0.497 e. The minimum Gasteiger partial charge on any atom is -0.497 e. The van der Waals surface area contributed by atoms with E-state index in [4.69, 9.17) is 9.47 Å². The average molecular weight is 364 g/mol. The zero-order chi connectivity index (χ0) is 19.2.